The van der Waals surface area contributed by atoms with Crippen LogP contribution in [0.15, 0.2) is 0 Å². The summed E-state index contributed by atoms with van der Waals surface area (Å²) < 4.78 is 14.7. The number of amides is 1. The third kappa shape index (κ3) is 10.9. The number of carbonyl (C=O) groups excluding carboxylic acids is 3. The predicted octanol–water partition coefficient (Wildman–Crippen LogP) is 2.60. The van der Waals surface area contributed by atoms with Gasteiger partial charge in [-0.05, 0) is 41.5 Å². The molecule has 0 fully saturated rings. The number of carbonyl (C=O) groups is 3. The normalized spacial score (nSPS) is 13.1. The van der Waals surface area contributed by atoms with Crippen LogP contribution in [0.3, 0.4) is 0 Å². The quantitative estimate of drug-likeness (QED) is 0.486. The lowest BCUT2D eigenvalue weighted by atomic mass is 10.2. The summed E-state index contributed by atoms with van der Waals surface area (Å²) in [5.41, 5.74) is -2.57. The van der Waals surface area contributed by atoms with Gasteiger partial charge < -0.3 is 19.5 Å². The van der Waals surface area contributed by atoms with E-state index >= 15 is 0 Å². The molecular formula is C13H22ClNO6. The largest absolute Gasteiger partial charge is 0.458 e. The van der Waals surface area contributed by atoms with Crippen molar-refractivity contribution in [1.29, 1.82) is 0 Å². The summed E-state index contributed by atoms with van der Waals surface area (Å²) in [6, 6.07) is -1.21. The van der Waals surface area contributed by atoms with E-state index < -0.39 is 41.3 Å². The predicted molar refractivity (Wildman–Crippen MR) is 76.2 cm³/mol. The number of alkyl carbamates (subject to hydrolysis) is 1. The summed E-state index contributed by atoms with van der Waals surface area (Å²) >= 11 is 5.05. The monoisotopic (exact) mass is 323 g/mol. The van der Waals surface area contributed by atoms with E-state index in [-0.39, 0.29) is 0 Å². The molecule has 0 aliphatic carbocycles. The first-order valence-corrected chi connectivity index (χ1v) is 6.72. The van der Waals surface area contributed by atoms with E-state index in [9.17, 15) is 14.4 Å². The zero-order valence-electron chi connectivity index (χ0n) is 13.1. The molecule has 1 atom stereocenters. The van der Waals surface area contributed by atoms with E-state index in [1.165, 1.54) is 0 Å². The third-order valence-electron chi connectivity index (χ3n) is 1.75. The van der Waals surface area contributed by atoms with Crippen molar-refractivity contribution in [2.24, 2.45) is 0 Å². The Hall–Kier alpha value is -1.50. The number of rotatable bonds is 4. The van der Waals surface area contributed by atoms with Crippen LogP contribution in [0.5, 0.6) is 0 Å². The fourth-order valence-electron chi connectivity index (χ4n) is 1.14. The van der Waals surface area contributed by atoms with Crippen molar-refractivity contribution >= 4 is 29.1 Å². The molecule has 0 saturated carbocycles. The molecule has 0 aromatic rings. The van der Waals surface area contributed by atoms with Crippen LogP contribution >= 0.6 is 11.6 Å². The van der Waals surface area contributed by atoms with Crippen LogP contribution in [-0.2, 0) is 19.0 Å². The standard InChI is InChI=1S/C13H22ClNO6/c1-12(2,3)20-9(16)8(7-19-10(14)17)15-11(18)21-13(4,5)6/h8H,7H2,1-6H3,(H,15,18)/t8-/m0/s1. The number of esters is 1. The van der Waals surface area contributed by atoms with Crippen molar-refractivity contribution in [3.8, 4) is 0 Å². The highest BCUT2D eigenvalue weighted by Crippen LogP contribution is 2.10. The first kappa shape index (κ1) is 19.5. The van der Waals surface area contributed by atoms with Crippen LogP contribution in [0, 0.1) is 0 Å². The second kappa shape index (κ2) is 7.49. The topological polar surface area (TPSA) is 90.9 Å². The molecule has 0 aromatic carbocycles. The van der Waals surface area contributed by atoms with Crippen LogP contribution in [0.1, 0.15) is 41.5 Å². The first-order chi connectivity index (χ1) is 9.30. The molecule has 0 aliphatic rings. The zero-order valence-corrected chi connectivity index (χ0v) is 13.9. The second-order valence-corrected chi connectivity index (χ2v) is 6.59. The fraction of sp³-hybridized carbons (Fsp3) is 0.769. The fourth-order valence-corrected chi connectivity index (χ4v) is 1.20. The maximum absolute atomic E-state index is 11.9. The van der Waals surface area contributed by atoms with Crippen LogP contribution in [-0.4, -0.2) is 41.3 Å². The van der Waals surface area contributed by atoms with Crippen molar-refractivity contribution in [3.05, 3.63) is 0 Å². The van der Waals surface area contributed by atoms with Crippen molar-refractivity contribution in [1.82, 2.24) is 5.32 Å². The van der Waals surface area contributed by atoms with Crippen LogP contribution < -0.4 is 5.32 Å². The highest BCUT2D eigenvalue weighted by Gasteiger charge is 2.29. The molecule has 0 spiro atoms. The SMILES string of the molecule is CC(C)(C)OC(=O)N[C@@H](COC(=O)Cl)C(=O)OC(C)(C)C. The molecule has 0 bridgehead atoms. The van der Waals surface area contributed by atoms with Crippen LogP contribution in [0.4, 0.5) is 9.59 Å². The van der Waals surface area contributed by atoms with Gasteiger partial charge in [-0.3, -0.25) is 0 Å². The summed E-state index contributed by atoms with van der Waals surface area (Å²) in [4.78, 5) is 34.2. The van der Waals surface area contributed by atoms with Gasteiger partial charge >= 0.3 is 17.5 Å². The Morgan fingerprint density at radius 1 is 1.00 bits per heavy atom. The van der Waals surface area contributed by atoms with Gasteiger partial charge in [0.2, 0.25) is 0 Å². The molecule has 0 heterocycles. The van der Waals surface area contributed by atoms with Gasteiger partial charge in [-0.15, -0.1) is 0 Å². The molecule has 0 saturated heterocycles. The Bertz CT molecular complexity index is 396. The molecule has 1 N–H and O–H groups in total. The average Bonchev–Trinajstić information content (AvgIpc) is 2.18. The molecule has 0 rings (SSSR count). The number of halogens is 1. The van der Waals surface area contributed by atoms with Gasteiger partial charge in [0.05, 0.1) is 0 Å². The van der Waals surface area contributed by atoms with Gasteiger partial charge in [-0.2, -0.15) is 0 Å². The Morgan fingerprint density at radius 3 is 1.86 bits per heavy atom. The molecule has 1 amide bonds. The lowest BCUT2D eigenvalue weighted by molar-refractivity contribution is -0.158. The van der Waals surface area contributed by atoms with Gasteiger partial charge in [0.15, 0.2) is 6.04 Å². The van der Waals surface area contributed by atoms with Gasteiger partial charge in [0.25, 0.3) is 0 Å². The smallest absolute Gasteiger partial charge is 0.408 e. The van der Waals surface area contributed by atoms with Crippen LogP contribution in [0.25, 0.3) is 0 Å². The average molecular weight is 324 g/mol. The molecule has 8 heteroatoms. The van der Waals surface area contributed by atoms with Crippen molar-refractivity contribution in [3.63, 3.8) is 0 Å². The minimum Gasteiger partial charge on any atom is -0.458 e. The molecule has 122 valence electrons. The number of hydrogen-bond acceptors (Lipinski definition) is 6. The molecule has 0 radical (unpaired) electrons. The van der Waals surface area contributed by atoms with E-state index in [0.717, 1.165) is 0 Å². The molecule has 0 aliphatic heterocycles. The van der Waals surface area contributed by atoms with E-state index in [2.05, 4.69) is 10.1 Å². The highest BCUT2D eigenvalue weighted by atomic mass is 35.5. The van der Waals surface area contributed by atoms with Crippen molar-refractivity contribution in [2.45, 2.75) is 58.8 Å². The van der Waals surface area contributed by atoms with Gasteiger partial charge in [0, 0.05) is 11.6 Å². The van der Waals surface area contributed by atoms with E-state index in [1.807, 2.05) is 0 Å². The van der Waals surface area contributed by atoms with Crippen molar-refractivity contribution in [2.75, 3.05) is 6.61 Å². The van der Waals surface area contributed by atoms with E-state index in [1.54, 1.807) is 41.5 Å². The highest BCUT2D eigenvalue weighted by molar-refractivity contribution is 6.61. The van der Waals surface area contributed by atoms with Crippen molar-refractivity contribution < 1.29 is 28.6 Å². The number of ether oxygens (including phenoxy) is 3. The molecule has 0 aromatic heterocycles. The lowest BCUT2D eigenvalue weighted by Gasteiger charge is -2.25. The minimum atomic E-state index is -1.21. The third-order valence-corrected chi connectivity index (χ3v) is 1.85. The minimum absolute atomic E-state index is 0.448. The Kier molecular flexibility index (Phi) is 6.96. The molecule has 0 unspecified atom stereocenters. The second-order valence-electron chi connectivity index (χ2n) is 6.28. The summed E-state index contributed by atoms with van der Waals surface area (Å²) in [7, 11) is 0. The van der Waals surface area contributed by atoms with Gasteiger partial charge in [0.1, 0.15) is 17.8 Å². The summed E-state index contributed by atoms with van der Waals surface area (Å²) in [5.74, 6) is -0.758. The number of hydrogen-bond donors (Lipinski definition) is 1. The lowest BCUT2D eigenvalue weighted by Crippen LogP contribution is -2.48. The Labute approximate surface area is 129 Å². The maximum atomic E-state index is 11.9. The van der Waals surface area contributed by atoms with Gasteiger partial charge in [-0.25, -0.2) is 14.4 Å². The Morgan fingerprint density at radius 2 is 1.48 bits per heavy atom. The van der Waals surface area contributed by atoms with E-state index in [0.29, 0.717) is 0 Å². The molecule has 7 nitrogen and oxygen atoms in total. The summed E-state index contributed by atoms with van der Waals surface area (Å²) in [6.07, 6.45) is -0.830. The van der Waals surface area contributed by atoms with Crippen LogP contribution in [0.2, 0.25) is 0 Å². The molecule has 21 heavy (non-hydrogen) atoms. The molecular weight excluding hydrogens is 302 g/mol. The first-order valence-electron chi connectivity index (χ1n) is 6.35. The van der Waals surface area contributed by atoms with E-state index in [4.69, 9.17) is 21.1 Å². The number of nitrogens with one attached hydrogen (secondary N) is 1. The maximum Gasteiger partial charge on any atom is 0.408 e. The summed E-state index contributed by atoms with van der Waals surface area (Å²) in [5, 5.41) is 2.28. The zero-order chi connectivity index (χ0) is 16.8. The van der Waals surface area contributed by atoms with Gasteiger partial charge in [-0.1, -0.05) is 0 Å². The summed E-state index contributed by atoms with van der Waals surface area (Å²) in [6.45, 7) is 9.58. The Balaban J connectivity index is 4.77.